The molecule has 4 nitrogen and oxygen atoms in total. The molecule has 1 fully saturated rings. The van der Waals surface area contributed by atoms with Gasteiger partial charge in [0.2, 0.25) is 11.8 Å². The summed E-state index contributed by atoms with van der Waals surface area (Å²) in [5, 5.41) is 3.50. The van der Waals surface area contributed by atoms with Gasteiger partial charge in [-0.05, 0) is 35.9 Å². The highest BCUT2D eigenvalue weighted by molar-refractivity contribution is 9.10. The van der Waals surface area contributed by atoms with Crippen molar-refractivity contribution in [3.05, 3.63) is 63.6 Å². The van der Waals surface area contributed by atoms with Gasteiger partial charge in [-0.1, -0.05) is 45.7 Å². The van der Waals surface area contributed by atoms with Crippen LogP contribution in [0.3, 0.4) is 0 Å². The number of rotatable bonds is 4. The Morgan fingerprint density at radius 3 is 2.62 bits per heavy atom. The largest absolute Gasteiger partial charge is 0.352 e. The molecule has 1 aliphatic heterocycles. The lowest BCUT2D eigenvalue weighted by Crippen LogP contribution is -2.32. The lowest BCUT2D eigenvalue weighted by atomic mass is 10.1. The number of carbonyl (C=O) groups is 2. The van der Waals surface area contributed by atoms with Gasteiger partial charge in [-0.15, -0.1) is 0 Å². The molecule has 3 rings (SSSR count). The molecule has 1 saturated heterocycles. The van der Waals surface area contributed by atoms with Gasteiger partial charge >= 0.3 is 0 Å². The van der Waals surface area contributed by atoms with Crippen molar-refractivity contribution in [2.24, 2.45) is 5.92 Å². The van der Waals surface area contributed by atoms with E-state index in [1.807, 2.05) is 42.5 Å². The average Bonchev–Trinajstić information content (AvgIpc) is 2.96. The molecule has 1 atom stereocenters. The highest BCUT2D eigenvalue weighted by Crippen LogP contribution is 2.26. The summed E-state index contributed by atoms with van der Waals surface area (Å²) in [4.78, 5) is 26.2. The third-order valence-corrected chi connectivity index (χ3v) is 4.94. The van der Waals surface area contributed by atoms with Crippen LogP contribution in [0.25, 0.3) is 0 Å². The van der Waals surface area contributed by atoms with Crippen molar-refractivity contribution in [1.82, 2.24) is 5.32 Å². The molecule has 0 saturated carbocycles. The van der Waals surface area contributed by atoms with E-state index in [0.29, 0.717) is 18.1 Å². The Morgan fingerprint density at radius 1 is 1.21 bits per heavy atom. The number of halogens is 2. The van der Waals surface area contributed by atoms with Crippen molar-refractivity contribution in [3.63, 3.8) is 0 Å². The van der Waals surface area contributed by atoms with Gasteiger partial charge in [-0.2, -0.15) is 0 Å². The number of carbonyl (C=O) groups excluding carboxylic acids is 2. The standard InChI is InChI=1S/C18H16BrClN2O2/c19-14-5-7-15(8-6-14)22-11-13(9-17(22)23)18(24)21-10-12-3-1-2-4-16(12)20/h1-8,13H,9-11H2,(H,21,24)/t13-/m1/s1. The topological polar surface area (TPSA) is 49.4 Å². The molecule has 0 unspecified atom stereocenters. The quantitative estimate of drug-likeness (QED) is 0.839. The van der Waals surface area contributed by atoms with Gasteiger partial charge in [-0.3, -0.25) is 9.59 Å². The van der Waals surface area contributed by atoms with Crippen molar-refractivity contribution >= 4 is 45.0 Å². The Kier molecular flexibility index (Phi) is 5.21. The van der Waals surface area contributed by atoms with Crippen LogP contribution in [0.15, 0.2) is 53.0 Å². The monoisotopic (exact) mass is 406 g/mol. The maximum Gasteiger partial charge on any atom is 0.227 e. The van der Waals surface area contributed by atoms with Crippen LogP contribution in [0.5, 0.6) is 0 Å². The first-order valence-electron chi connectivity index (χ1n) is 7.61. The van der Waals surface area contributed by atoms with Crippen LogP contribution < -0.4 is 10.2 Å². The average molecular weight is 408 g/mol. The molecule has 2 aromatic carbocycles. The molecule has 1 N–H and O–H groups in total. The first kappa shape index (κ1) is 17.0. The van der Waals surface area contributed by atoms with Crippen LogP contribution in [-0.4, -0.2) is 18.4 Å². The summed E-state index contributed by atoms with van der Waals surface area (Å²) >= 11 is 9.46. The molecule has 0 spiro atoms. The first-order valence-corrected chi connectivity index (χ1v) is 8.79. The van der Waals surface area contributed by atoms with Gasteiger partial charge in [0, 0.05) is 34.7 Å². The molecular formula is C18H16BrClN2O2. The number of hydrogen-bond donors (Lipinski definition) is 1. The zero-order valence-corrected chi connectivity index (χ0v) is 15.2. The van der Waals surface area contributed by atoms with Crippen molar-refractivity contribution < 1.29 is 9.59 Å². The highest BCUT2D eigenvalue weighted by atomic mass is 79.9. The SMILES string of the molecule is O=C(NCc1ccccc1Cl)[C@@H]1CC(=O)N(c2ccc(Br)cc2)C1. The molecule has 2 aromatic rings. The van der Waals surface area contributed by atoms with E-state index >= 15 is 0 Å². The molecule has 24 heavy (non-hydrogen) atoms. The first-order chi connectivity index (χ1) is 11.5. The summed E-state index contributed by atoms with van der Waals surface area (Å²) in [5.74, 6) is -0.498. The fourth-order valence-electron chi connectivity index (χ4n) is 2.72. The van der Waals surface area contributed by atoms with E-state index in [-0.39, 0.29) is 24.2 Å². The van der Waals surface area contributed by atoms with Gasteiger partial charge in [0.15, 0.2) is 0 Å². The fraction of sp³-hybridized carbons (Fsp3) is 0.222. The second-order valence-corrected chi connectivity index (χ2v) is 7.01. The zero-order chi connectivity index (χ0) is 17.1. The Labute approximate surface area is 153 Å². The summed E-state index contributed by atoms with van der Waals surface area (Å²) in [5.41, 5.74) is 1.67. The van der Waals surface area contributed by atoms with E-state index in [1.54, 1.807) is 11.0 Å². The second kappa shape index (κ2) is 7.36. The smallest absolute Gasteiger partial charge is 0.227 e. The Hall–Kier alpha value is -1.85. The van der Waals surface area contributed by atoms with Crippen molar-refractivity contribution in [2.75, 3.05) is 11.4 Å². The summed E-state index contributed by atoms with van der Waals surface area (Å²) in [6.45, 7) is 0.760. The molecule has 124 valence electrons. The maximum absolute atomic E-state index is 12.4. The van der Waals surface area contributed by atoms with Crippen LogP contribution in [0, 0.1) is 5.92 Å². The predicted octanol–water partition coefficient (Wildman–Crippen LogP) is 3.77. The van der Waals surface area contributed by atoms with E-state index in [0.717, 1.165) is 15.7 Å². The minimum absolute atomic E-state index is 0.0322. The van der Waals surface area contributed by atoms with E-state index in [9.17, 15) is 9.59 Å². The minimum Gasteiger partial charge on any atom is -0.352 e. The van der Waals surface area contributed by atoms with Crippen molar-refractivity contribution in [2.45, 2.75) is 13.0 Å². The molecule has 0 bridgehead atoms. The van der Waals surface area contributed by atoms with Crippen LogP contribution in [0.2, 0.25) is 5.02 Å². The summed E-state index contributed by atoms with van der Waals surface area (Å²) in [6.07, 6.45) is 0.227. The highest BCUT2D eigenvalue weighted by Gasteiger charge is 2.34. The molecule has 2 amide bonds. The van der Waals surface area contributed by atoms with Gasteiger partial charge in [0.05, 0.1) is 5.92 Å². The van der Waals surface area contributed by atoms with Crippen molar-refractivity contribution in [1.29, 1.82) is 0 Å². The molecule has 0 radical (unpaired) electrons. The van der Waals surface area contributed by atoms with Gasteiger partial charge < -0.3 is 10.2 Å². The van der Waals surface area contributed by atoms with Crippen LogP contribution in [-0.2, 0) is 16.1 Å². The number of benzene rings is 2. The van der Waals surface area contributed by atoms with Crippen LogP contribution in [0.4, 0.5) is 5.69 Å². The van der Waals surface area contributed by atoms with E-state index in [1.165, 1.54) is 0 Å². The number of anilines is 1. The van der Waals surface area contributed by atoms with E-state index in [2.05, 4.69) is 21.2 Å². The van der Waals surface area contributed by atoms with E-state index < -0.39 is 0 Å². The number of hydrogen-bond acceptors (Lipinski definition) is 2. The summed E-state index contributed by atoms with van der Waals surface area (Å²) < 4.78 is 0.951. The molecular weight excluding hydrogens is 392 g/mol. The fourth-order valence-corrected chi connectivity index (χ4v) is 3.19. The zero-order valence-electron chi connectivity index (χ0n) is 12.8. The molecule has 1 heterocycles. The van der Waals surface area contributed by atoms with Crippen LogP contribution >= 0.6 is 27.5 Å². The summed E-state index contributed by atoms with van der Waals surface area (Å²) in [6, 6.07) is 14.9. The molecule has 0 aliphatic carbocycles. The second-order valence-electron chi connectivity index (χ2n) is 5.69. The number of nitrogens with zero attached hydrogens (tertiary/aromatic N) is 1. The molecule has 0 aromatic heterocycles. The Morgan fingerprint density at radius 2 is 1.92 bits per heavy atom. The number of nitrogens with one attached hydrogen (secondary N) is 1. The summed E-state index contributed by atoms with van der Waals surface area (Å²) in [7, 11) is 0. The van der Waals surface area contributed by atoms with E-state index in [4.69, 9.17) is 11.6 Å². The van der Waals surface area contributed by atoms with Gasteiger partial charge in [-0.25, -0.2) is 0 Å². The van der Waals surface area contributed by atoms with Crippen molar-refractivity contribution in [3.8, 4) is 0 Å². The molecule has 6 heteroatoms. The van der Waals surface area contributed by atoms with Crippen LogP contribution in [0.1, 0.15) is 12.0 Å². The van der Waals surface area contributed by atoms with Gasteiger partial charge in [0.25, 0.3) is 0 Å². The van der Waals surface area contributed by atoms with Gasteiger partial charge in [0.1, 0.15) is 0 Å². The lowest BCUT2D eigenvalue weighted by Gasteiger charge is -2.17. The predicted molar refractivity (Wildman–Crippen MR) is 97.9 cm³/mol. The third-order valence-electron chi connectivity index (χ3n) is 4.05. The maximum atomic E-state index is 12.4. The lowest BCUT2D eigenvalue weighted by molar-refractivity contribution is -0.126. The Balaban J connectivity index is 1.62. The number of amides is 2. The third kappa shape index (κ3) is 3.79. The Bertz CT molecular complexity index is 764. The minimum atomic E-state index is -0.344. The normalized spacial score (nSPS) is 17.2. The molecule has 1 aliphatic rings.